The van der Waals surface area contributed by atoms with Crippen molar-refractivity contribution in [3.8, 4) is 33.4 Å². The van der Waals surface area contributed by atoms with Crippen LogP contribution in [0.3, 0.4) is 0 Å². The SMILES string of the molecule is c1cc(-c2ccc(N(c3ccc(-c4ccc5c(c4)sc4ccccc45)cc3)c3cccc4oc5c6ccccc6ccc5c34)cc2)cc(-c2ccc3ccccc3c2)c1. The summed E-state index contributed by atoms with van der Waals surface area (Å²) in [7, 11) is 0. The van der Waals surface area contributed by atoms with Gasteiger partial charge in [0.2, 0.25) is 0 Å². The Balaban J connectivity index is 0.969. The molecule has 0 N–H and O–H groups in total. The molecule has 276 valence electrons. The van der Waals surface area contributed by atoms with E-state index in [1.165, 1.54) is 69.7 Å². The molecule has 0 aliphatic carbocycles. The standard InChI is InChI=1S/C56H35NOS/c1-2-11-40-34-43(20-19-36(40)9-1)42-13-7-12-41(33-42)37-21-27-45(28-22-37)57(51-16-8-17-52-55(51)50-32-25-39-10-3-4-14-47(39)56(50)58-52)46-29-23-38(24-30-46)44-26-31-49-48-15-5-6-18-53(48)59-54(49)35-44/h1-35H. The summed E-state index contributed by atoms with van der Waals surface area (Å²) >= 11 is 1.86. The van der Waals surface area contributed by atoms with Gasteiger partial charge in [0.1, 0.15) is 11.2 Å². The molecule has 2 aromatic heterocycles. The number of furan rings is 1. The summed E-state index contributed by atoms with van der Waals surface area (Å²) in [6, 6.07) is 77.0. The van der Waals surface area contributed by atoms with Crippen LogP contribution in [0.1, 0.15) is 0 Å². The first-order valence-corrected chi connectivity index (χ1v) is 20.9. The van der Waals surface area contributed by atoms with E-state index in [-0.39, 0.29) is 0 Å². The zero-order chi connectivity index (χ0) is 38.9. The lowest BCUT2D eigenvalue weighted by Crippen LogP contribution is -2.10. The number of hydrogen-bond acceptors (Lipinski definition) is 3. The highest BCUT2D eigenvalue weighted by molar-refractivity contribution is 7.25. The number of anilines is 3. The first kappa shape index (κ1) is 33.7. The van der Waals surface area contributed by atoms with E-state index >= 15 is 0 Å². The first-order valence-electron chi connectivity index (χ1n) is 20.1. The van der Waals surface area contributed by atoms with Gasteiger partial charge in [-0.05, 0) is 116 Å². The Bertz CT molecular complexity index is 3560. The number of benzene rings is 10. The molecule has 0 saturated carbocycles. The molecule has 12 rings (SSSR count). The van der Waals surface area contributed by atoms with Gasteiger partial charge in [-0.25, -0.2) is 0 Å². The minimum Gasteiger partial charge on any atom is -0.455 e. The van der Waals surface area contributed by atoms with Gasteiger partial charge in [0.15, 0.2) is 0 Å². The summed E-state index contributed by atoms with van der Waals surface area (Å²) in [5, 5.41) is 9.63. The van der Waals surface area contributed by atoms with Crippen LogP contribution in [0, 0.1) is 0 Å². The number of fused-ring (bicyclic) bond motifs is 9. The Morgan fingerprint density at radius 2 is 0.898 bits per heavy atom. The van der Waals surface area contributed by atoms with Crippen molar-refractivity contribution < 1.29 is 4.42 Å². The second-order valence-corrected chi connectivity index (χ2v) is 16.4. The number of hydrogen-bond donors (Lipinski definition) is 0. The highest BCUT2D eigenvalue weighted by atomic mass is 32.1. The Morgan fingerprint density at radius 3 is 1.69 bits per heavy atom. The predicted octanol–water partition coefficient (Wildman–Crippen LogP) is 16.7. The molecule has 0 unspecified atom stereocenters. The molecule has 12 aromatic rings. The minimum atomic E-state index is 0.870. The molecule has 2 nitrogen and oxygen atoms in total. The summed E-state index contributed by atoms with van der Waals surface area (Å²) < 4.78 is 9.32. The highest BCUT2D eigenvalue weighted by Gasteiger charge is 2.21. The Hall–Kier alpha value is -7.46. The predicted molar refractivity (Wildman–Crippen MR) is 253 cm³/mol. The van der Waals surface area contributed by atoms with Crippen LogP contribution in [0.15, 0.2) is 217 Å². The van der Waals surface area contributed by atoms with Crippen molar-refractivity contribution in [3.05, 3.63) is 212 Å². The first-order chi connectivity index (χ1) is 29.2. The fourth-order valence-corrected chi connectivity index (χ4v) is 10.1. The molecule has 0 spiro atoms. The van der Waals surface area contributed by atoms with E-state index < -0.39 is 0 Å². The third-order valence-electron chi connectivity index (χ3n) is 11.8. The molecule has 2 heterocycles. The summed E-state index contributed by atoms with van der Waals surface area (Å²) in [4.78, 5) is 2.38. The average Bonchev–Trinajstić information content (AvgIpc) is 3.88. The largest absolute Gasteiger partial charge is 0.455 e. The second kappa shape index (κ2) is 13.6. The van der Waals surface area contributed by atoms with Gasteiger partial charge in [0.05, 0.1) is 11.1 Å². The van der Waals surface area contributed by atoms with Gasteiger partial charge in [-0.2, -0.15) is 0 Å². The minimum absolute atomic E-state index is 0.870. The molecular formula is C56H35NOS. The van der Waals surface area contributed by atoms with Crippen molar-refractivity contribution in [1.82, 2.24) is 0 Å². The van der Waals surface area contributed by atoms with Crippen molar-refractivity contribution in [3.63, 3.8) is 0 Å². The maximum absolute atomic E-state index is 6.68. The van der Waals surface area contributed by atoms with Gasteiger partial charge in [0.25, 0.3) is 0 Å². The fourth-order valence-electron chi connectivity index (χ4n) is 8.91. The van der Waals surface area contributed by atoms with Crippen LogP contribution in [-0.2, 0) is 0 Å². The van der Waals surface area contributed by atoms with Gasteiger partial charge in [0, 0.05) is 42.3 Å². The van der Waals surface area contributed by atoms with Gasteiger partial charge in [-0.15, -0.1) is 11.3 Å². The molecule has 59 heavy (non-hydrogen) atoms. The van der Waals surface area contributed by atoms with Gasteiger partial charge in [-0.3, -0.25) is 0 Å². The summed E-state index contributed by atoms with van der Waals surface area (Å²) in [6.45, 7) is 0. The van der Waals surface area contributed by atoms with Crippen LogP contribution in [0.25, 0.3) is 97.0 Å². The molecule has 0 bridgehead atoms. The zero-order valence-electron chi connectivity index (χ0n) is 32.0. The Labute approximate surface area is 345 Å². The van der Waals surface area contributed by atoms with Crippen LogP contribution >= 0.6 is 11.3 Å². The molecule has 0 radical (unpaired) electrons. The van der Waals surface area contributed by atoms with E-state index in [4.69, 9.17) is 4.42 Å². The lowest BCUT2D eigenvalue weighted by Gasteiger charge is -2.26. The molecule has 0 aliphatic rings. The second-order valence-electron chi connectivity index (χ2n) is 15.3. The van der Waals surface area contributed by atoms with E-state index in [2.05, 4.69) is 217 Å². The maximum Gasteiger partial charge on any atom is 0.143 e. The van der Waals surface area contributed by atoms with E-state index in [1.807, 2.05) is 11.3 Å². The molecule has 10 aromatic carbocycles. The van der Waals surface area contributed by atoms with E-state index in [9.17, 15) is 0 Å². The van der Waals surface area contributed by atoms with Crippen molar-refractivity contribution in [2.24, 2.45) is 0 Å². The van der Waals surface area contributed by atoms with Crippen molar-refractivity contribution in [2.75, 3.05) is 4.90 Å². The van der Waals surface area contributed by atoms with Crippen LogP contribution < -0.4 is 4.90 Å². The molecule has 0 atom stereocenters. The van der Waals surface area contributed by atoms with E-state index in [0.29, 0.717) is 0 Å². The Kier molecular flexibility index (Phi) is 7.75. The average molecular weight is 770 g/mol. The van der Waals surface area contributed by atoms with Crippen LogP contribution in [0.4, 0.5) is 17.1 Å². The highest BCUT2D eigenvalue weighted by Crippen LogP contribution is 2.45. The quantitative estimate of drug-likeness (QED) is 0.167. The van der Waals surface area contributed by atoms with Gasteiger partial charge < -0.3 is 9.32 Å². The van der Waals surface area contributed by atoms with Crippen molar-refractivity contribution in [2.45, 2.75) is 0 Å². The van der Waals surface area contributed by atoms with E-state index in [0.717, 1.165) is 44.4 Å². The number of rotatable bonds is 6. The summed E-state index contributed by atoms with van der Waals surface area (Å²) in [5.74, 6) is 0. The number of thiophene rings is 1. The van der Waals surface area contributed by atoms with Gasteiger partial charge in [-0.1, -0.05) is 146 Å². The van der Waals surface area contributed by atoms with E-state index in [1.54, 1.807) is 0 Å². The lowest BCUT2D eigenvalue weighted by atomic mass is 9.97. The molecule has 0 amide bonds. The van der Waals surface area contributed by atoms with Crippen LogP contribution in [0.5, 0.6) is 0 Å². The zero-order valence-corrected chi connectivity index (χ0v) is 32.8. The smallest absolute Gasteiger partial charge is 0.143 e. The van der Waals surface area contributed by atoms with Crippen LogP contribution in [0.2, 0.25) is 0 Å². The van der Waals surface area contributed by atoms with Gasteiger partial charge >= 0.3 is 0 Å². The molecular weight excluding hydrogens is 735 g/mol. The fraction of sp³-hybridized carbons (Fsp3) is 0. The topological polar surface area (TPSA) is 16.4 Å². The molecule has 3 heteroatoms. The molecule has 0 aliphatic heterocycles. The summed E-state index contributed by atoms with van der Waals surface area (Å²) in [6.07, 6.45) is 0. The van der Waals surface area contributed by atoms with Crippen LogP contribution in [-0.4, -0.2) is 0 Å². The Morgan fingerprint density at radius 1 is 0.339 bits per heavy atom. The third-order valence-corrected chi connectivity index (χ3v) is 13.0. The monoisotopic (exact) mass is 769 g/mol. The van der Waals surface area contributed by atoms with Crippen molar-refractivity contribution >= 4 is 92.1 Å². The third kappa shape index (κ3) is 5.70. The molecule has 0 saturated heterocycles. The maximum atomic E-state index is 6.68. The summed E-state index contributed by atoms with van der Waals surface area (Å²) in [5.41, 5.74) is 12.2. The van der Waals surface area contributed by atoms with Crippen molar-refractivity contribution in [1.29, 1.82) is 0 Å². The normalized spacial score (nSPS) is 11.7. The molecule has 0 fully saturated rings. The lowest BCUT2D eigenvalue weighted by molar-refractivity contribution is 0.672. The number of nitrogens with zero attached hydrogens (tertiary/aromatic N) is 1.